The van der Waals surface area contributed by atoms with Crippen molar-refractivity contribution in [1.29, 1.82) is 0 Å². The Morgan fingerprint density at radius 2 is 1.40 bits per heavy atom. The first-order valence-corrected chi connectivity index (χ1v) is 8.37. The lowest BCUT2D eigenvalue weighted by molar-refractivity contribution is 0.474. The zero-order valence-corrected chi connectivity index (χ0v) is 14.3. The Hall–Kier alpha value is -3.20. The highest BCUT2D eigenvalue weighted by Gasteiger charge is 2.10. The molecule has 0 aliphatic carbocycles. The number of phenols is 1. The van der Waals surface area contributed by atoms with Crippen LogP contribution >= 0.6 is 0 Å². The van der Waals surface area contributed by atoms with Crippen LogP contribution in [0.4, 0.5) is 11.4 Å². The summed E-state index contributed by atoms with van der Waals surface area (Å²) in [4.78, 5) is 0. The Bertz CT molecular complexity index is 1090. The number of benzene rings is 4. The van der Waals surface area contributed by atoms with E-state index in [1.165, 1.54) is 16.3 Å². The van der Waals surface area contributed by atoms with Crippen molar-refractivity contribution in [2.24, 2.45) is 0 Å². The standard InChI is InChI=1S/C22H20N2O/c1-14-13-17-8-4-6-10-19(17)21(22(14)25)24-23-20-12-11-16-7-3-5-9-18(16)15(20)2/h3-13,23-25H,1-2H3. The van der Waals surface area contributed by atoms with E-state index in [4.69, 9.17) is 0 Å². The van der Waals surface area contributed by atoms with Gasteiger partial charge in [0.05, 0.1) is 5.69 Å². The molecule has 0 saturated carbocycles. The van der Waals surface area contributed by atoms with Crippen LogP contribution in [0.1, 0.15) is 11.1 Å². The lowest BCUT2D eigenvalue weighted by Gasteiger charge is -2.17. The minimum atomic E-state index is 0.268. The molecule has 0 aromatic heterocycles. The summed E-state index contributed by atoms with van der Waals surface area (Å²) in [6, 6.07) is 22.5. The maximum atomic E-state index is 10.5. The van der Waals surface area contributed by atoms with Gasteiger partial charge in [-0.3, -0.25) is 5.43 Å². The fourth-order valence-electron chi connectivity index (χ4n) is 3.30. The summed E-state index contributed by atoms with van der Waals surface area (Å²) in [6.07, 6.45) is 0. The van der Waals surface area contributed by atoms with Crippen LogP contribution in [-0.2, 0) is 0 Å². The summed E-state index contributed by atoms with van der Waals surface area (Å²) in [5.41, 5.74) is 10.2. The summed E-state index contributed by atoms with van der Waals surface area (Å²) in [7, 11) is 0. The average Bonchev–Trinajstić information content (AvgIpc) is 2.64. The fourth-order valence-corrected chi connectivity index (χ4v) is 3.30. The highest BCUT2D eigenvalue weighted by atomic mass is 16.3. The monoisotopic (exact) mass is 328 g/mol. The zero-order chi connectivity index (χ0) is 17.4. The van der Waals surface area contributed by atoms with Gasteiger partial charge in [-0.15, -0.1) is 0 Å². The van der Waals surface area contributed by atoms with Crippen LogP contribution in [0.15, 0.2) is 66.7 Å². The lowest BCUT2D eigenvalue weighted by Crippen LogP contribution is -2.10. The first-order valence-electron chi connectivity index (χ1n) is 8.37. The van der Waals surface area contributed by atoms with Gasteiger partial charge in [0.1, 0.15) is 11.4 Å². The third-order valence-electron chi connectivity index (χ3n) is 4.73. The summed E-state index contributed by atoms with van der Waals surface area (Å²) in [6.45, 7) is 4.01. The second-order valence-corrected chi connectivity index (χ2v) is 6.35. The van der Waals surface area contributed by atoms with E-state index in [0.29, 0.717) is 5.69 Å². The van der Waals surface area contributed by atoms with Gasteiger partial charge in [0.15, 0.2) is 0 Å². The van der Waals surface area contributed by atoms with Crippen molar-refractivity contribution in [3.05, 3.63) is 77.9 Å². The molecule has 124 valence electrons. The van der Waals surface area contributed by atoms with E-state index in [2.05, 4.69) is 42.0 Å². The molecule has 0 amide bonds. The molecule has 3 nitrogen and oxygen atoms in total. The minimum absolute atomic E-state index is 0.268. The van der Waals surface area contributed by atoms with Crippen molar-refractivity contribution in [3.63, 3.8) is 0 Å². The number of anilines is 2. The van der Waals surface area contributed by atoms with Crippen LogP contribution < -0.4 is 10.9 Å². The Morgan fingerprint density at radius 1 is 0.720 bits per heavy atom. The van der Waals surface area contributed by atoms with Crippen LogP contribution in [0.2, 0.25) is 0 Å². The van der Waals surface area contributed by atoms with Gasteiger partial charge in [-0.05, 0) is 53.3 Å². The van der Waals surface area contributed by atoms with E-state index in [1.54, 1.807) is 0 Å². The van der Waals surface area contributed by atoms with Gasteiger partial charge in [-0.25, -0.2) is 0 Å². The second-order valence-electron chi connectivity index (χ2n) is 6.35. The molecule has 25 heavy (non-hydrogen) atoms. The third-order valence-corrected chi connectivity index (χ3v) is 4.73. The molecule has 0 spiro atoms. The number of hydrogen-bond donors (Lipinski definition) is 3. The molecular weight excluding hydrogens is 308 g/mol. The van der Waals surface area contributed by atoms with E-state index in [1.807, 2.05) is 49.4 Å². The first-order chi connectivity index (χ1) is 12.1. The van der Waals surface area contributed by atoms with Crippen molar-refractivity contribution in [2.75, 3.05) is 10.9 Å². The van der Waals surface area contributed by atoms with Crippen LogP contribution in [0, 0.1) is 13.8 Å². The number of hydrazine groups is 1. The number of fused-ring (bicyclic) bond motifs is 2. The molecule has 3 N–H and O–H groups in total. The van der Waals surface area contributed by atoms with Gasteiger partial charge in [0, 0.05) is 5.39 Å². The van der Waals surface area contributed by atoms with Gasteiger partial charge in [-0.1, -0.05) is 54.6 Å². The Balaban J connectivity index is 1.74. The van der Waals surface area contributed by atoms with Gasteiger partial charge < -0.3 is 10.5 Å². The van der Waals surface area contributed by atoms with Gasteiger partial charge in [0.2, 0.25) is 0 Å². The van der Waals surface area contributed by atoms with E-state index >= 15 is 0 Å². The van der Waals surface area contributed by atoms with Crippen LogP contribution in [0.25, 0.3) is 21.5 Å². The SMILES string of the molecule is Cc1cc2ccccc2c(NNc2ccc3ccccc3c2C)c1O. The molecule has 3 heteroatoms. The van der Waals surface area contributed by atoms with Crippen molar-refractivity contribution >= 4 is 32.9 Å². The molecule has 0 saturated heterocycles. The summed E-state index contributed by atoms with van der Waals surface area (Å²) >= 11 is 0. The Morgan fingerprint density at radius 3 is 2.20 bits per heavy atom. The van der Waals surface area contributed by atoms with Crippen molar-refractivity contribution in [2.45, 2.75) is 13.8 Å². The average molecular weight is 328 g/mol. The molecule has 0 fully saturated rings. The molecule has 0 atom stereocenters. The third kappa shape index (κ3) is 2.64. The second kappa shape index (κ2) is 6.02. The number of aromatic hydroxyl groups is 1. The molecule has 0 radical (unpaired) electrons. The smallest absolute Gasteiger partial charge is 0.144 e. The minimum Gasteiger partial charge on any atom is -0.505 e. The summed E-state index contributed by atoms with van der Waals surface area (Å²) < 4.78 is 0. The van der Waals surface area contributed by atoms with Crippen molar-refractivity contribution in [3.8, 4) is 5.75 Å². The van der Waals surface area contributed by atoms with Crippen LogP contribution in [-0.4, -0.2) is 5.11 Å². The zero-order valence-electron chi connectivity index (χ0n) is 14.3. The van der Waals surface area contributed by atoms with Crippen LogP contribution in [0.5, 0.6) is 5.75 Å². The molecule has 0 aliphatic rings. The van der Waals surface area contributed by atoms with Crippen molar-refractivity contribution < 1.29 is 5.11 Å². The normalized spacial score (nSPS) is 11.0. The molecule has 0 unspecified atom stereocenters. The highest BCUT2D eigenvalue weighted by molar-refractivity contribution is 5.98. The van der Waals surface area contributed by atoms with E-state index in [9.17, 15) is 5.11 Å². The number of nitrogens with one attached hydrogen (secondary N) is 2. The van der Waals surface area contributed by atoms with E-state index < -0.39 is 0 Å². The number of phenolic OH excluding ortho intramolecular Hbond substituents is 1. The highest BCUT2D eigenvalue weighted by Crippen LogP contribution is 2.36. The summed E-state index contributed by atoms with van der Waals surface area (Å²) in [5.74, 6) is 0.268. The quantitative estimate of drug-likeness (QED) is 0.331. The van der Waals surface area contributed by atoms with Crippen molar-refractivity contribution in [1.82, 2.24) is 0 Å². The van der Waals surface area contributed by atoms with Gasteiger partial charge in [-0.2, -0.15) is 0 Å². The maximum Gasteiger partial charge on any atom is 0.144 e. The molecule has 4 rings (SSSR count). The van der Waals surface area contributed by atoms with Gasteiger partial charge >= 0.3 is 0 Å². The number of hydrogen-bond acceptors (Lipinski definition) is 3. The van der Waals surface area contributed by atoms with Crippen LogP contribution in [0.3, 0.4) is 0 Å². The van der Waals surface area contributed by atoms with E-state index in [-0.39, 0.29) is 5.75 Å². The molecular formula is C22H20N2O. The lowest BCUT2D eigenvalue weighted by atomic mass is 10.0. The fraction of sp³-hybridized carbons (Fsp3) is 0.0909. The molecule has 0 heterocycles. The number of rotatable bonds is 3. The Kier molecular flexibility index (Phi) is 3.69. The Labute approximate surface area is 146 Å². The molecule has 4 aromatic carbocycles. The van der Waals surface area contributed by atoms with Gasteiger partial charge in [0.25, 0.3) is 0 Å². The largest absolute Gasteiger partial charge is 0.505 e. The summed E-state index contributed by atoms with van der Waals surface area (Å²) in [5, 5.41) is 15.0. The molecule has 4 aromatic rings. The molecule has 0 bridgehead atoms. The topological polar surface area (TPSA) is 44.3 Å². The first kappa shape index (κ1) is 15.3. The number of aryl methyl sites for hydroxylation is 2. The van der Waals surface area contributed by atoms with E-state index in [0.717, 1.165) is 22.0 Å². The predicted molar refractivity (Wildman–Crippen MR) is 106 cm³/mol. The molecule has 0 aliphatic heterocycles. The maximum absolute atomic E-state index is 10.5. The predicted octanol–water partition coefficient (Wildman–Crippen LogP) is 5.75.